The van der Waals surface area contributed by atoms with Crippen molar-refractivity contribution in [2.24, 2.45) is 4.99 Å². The van der Waals surface area contributed by atoms with E-state index in [0.29, 0.717) is 12.1 Å². The smallest absolute Gasteiger partial charge is 0.251 e. The number of amides is 1. The molecule has 29 heavy (non-hydrogen) atoms. The molecule has 0 aromatic heterocycles. The lowest BCUT2D eigenvalue weighted by Crippen LogP contribution is -2.39. The Balaban J connectivity index is 2.06. The number of methoxy groups -OCH3 is 1. The molecule has 0 saturated heterocycles. The van der Waals surface area contributed by atoms with Crippen LogP contribution < -0.4 is 20.7 Å². The summed E-state index contributed by atoms with van der Waals surface area (Å²) in [6.07, 6.45) is 0.754. The predicted octanol–water partition coefficient (Wildman–Crippen LogP) is 3.22. The topological polar surface area (TPSA) is 74.8 Å². The number of nitrogens with zero attached hydrogens (tertiary/aromatic N) is 1. The quantitative estimate of drug-likeness (QED) is 0.473. The van der Waals surface area contributed by atoms with Gasteiger partial charge in [0.25, 0.3) is 5.91 Å². The fourth-order valence-corrected chi connectivity index (χ4v) is 3.10. The minimum Gasteiger partial charge on any atom is -0.496 e. The zero-order valence-corrected chi connectivity index (χ0v) is 18.0. The summed E-state index contributed by atoms with van der Waals surface area (Å²) < 4.78 is 5.51. The lowest BCUT2D eigenvalue weighted by Gasteiger charge is -2.20. The molecule has 6 nitrogen and oxygen atoms in total. The molecule has 0 saturated carbocycles. The van der Waals surface area contributed by atoms with Crippen molar-refractivity contribution in [2.75, 3.05) is 27.2 Å². The van der Waals surface area contributed by atoms with Crippen molar-refractivity contribution in [3.8, 4) is 5.75 Å². The standard InChI is InChI=1S/C23H32N4O2/c1-6-25-23(27-17(3)20-14-16(2)10-11-21(20)29-5)26-13-12-18-8-7-9-19(15-18)22(28)24-4/h7-11,14-15,17H,6,12-13H2,1-5H3,(H,24,28)(H2,25,26,27). The van der Waals surface area contributed by atoms with E-state index in [1.807, 2.05) is 43.3 Å². The second kappa shape index (κ2) is 11.1. The van der Waals surface area contributed by atoms with Crippen molar-refractivity contribution in [1.82, 2.24) is 16.0 Å². The fraction of sp³-hybridized carbons (Fsp3) is 0.391. The molecule has 2 aromatic carbocycles. The summed E-state index contributed by atoms with van der Waals surface area (Å²) in [7, 11) is 3.32. The Morgan fingerprint density at radius 2 is 2.00 bits per heavy atom. The zero-order valence-electron chi connectivity index (χ0n) is 18.0. The molecule has 156 valence electrons. The number of rotatable bonds is 8. The minimum absolute atomic E-state index is 0.0410. The summed E-state index contributed by atoms with van der Waals surface area (Å²) in [6, 6.07) is 13.8. The Morgan fingerprint density at radius 1 is 1.21 bits per heavy atom. The summed E-state index contributed by atoms with van der Waals surface area (Å²) in [4.78, 5) is 16.5. The van der Waals surface area contributed by atoms with E-state index in [4.69, 9.17) is 9.73 Å². The monoisotopic (exact) mass is 396 g/mol. The number of benzene rings is 2. The van der Waals surface area contributed by atoms with Crippen LogP contribution in [0.25, 0.3) is 0 Å². The van der Waals surface area contributed by atoms with Crippen LogP contribution in [0.1, 0.15) is 46.9 Å². The molecule has 1 unspecified atom stereocenters. The van der Waals surface area contributed by atoms with E-state index in [2.05, 4.69) is 35.9 Å². The SMILES string of the molecule is CCNC(=NCCc1cccc(C(=O)NC)c1)NC(C)c1cc(C)ccc1OC. The van der Waals surface area contributed by atoms with Gasteiger partial charge in [-0.2, -0.15) is 0 Å². The van der Waals surface area contributed by atoms with E-state index >= 15 is 0 Å². The van der Waals surface area contributed by atoms with E-state index in [-0.39, 0.29) is 11.9 Å². The first-order chi connectivity index (χ1) is 14.0. The molecule has 0 aliphatic rings. The highest BCUT2D eigenvalue weighted by Gasteiger charge is 2.13. The van der Waals surface area contributed by atoms with Crippen LogP contribution in [0.15, 0.2) is 47.5 Å². The summed E-state index contributed by atoms with van der Waals surface area (Å²) in [6.45, 7) is 7.60. The minimum atomic E-state index is -0.0775. The maximum atomic E-state index is 11.8. The van der Waals surface area contributed by atoms with Crippen LogP contribution in [0.5, 0.6) is 5.75 Å². The number of guanidine groups is 1. The highest BCUT2D eigenvalue weighted by molar-refractivity contribution is 5.94. The number of carbonyl (C=O) groups excluding carboxylic acids is 1. The summed E-state index contributed by atoms with van der Waals surface area (Å²) >= 11 is 0. The normalized spacial score (nSPS) is 12.2. The van der Waals surface area contributed by atoms with Crippen LogP contribution in [0.3, 0.4) is 0 Å². The first-order valence-corrected chi connectivity index (χ1v) is 9.98. The van der Waals surface area contributed by atoms with Gasteiger partial charge in [-0.1, -0.05) is 29.8 Å². The number of aliphatic imine (C=N–C) groups is 1. The molecule has 0 fully saturated rings. The first-order valence-electron chi connectivity index (χ1n) is 9.98. The predicted molar refractivity (Wildman–Crippen MR) is 119 cm³/mol. The van der Waals surface area contributed by atoms with Crippen LogP contribution in [-0.2, 0) is 6.42 Å². The van der Waals surface area contributed by atoms with Gasteiger partial charge in [-0.05, 0) is 51.0 Å². The van der Waals surface area contributed by atoms with Crippen molar-refractivity contribution in [2.45, 2.75) is 33.2 Å². The van der Waals surface area contributed by atoms with E-state index in [9.17, 15) is 4.79 Å². The van der Waals surface area contributed by atoms with Gasteiger partial charge in [-0.25, -0.2) is 0 Å². The molecule has 3 N–H and O–H groups in total. The van der Waals surface area contributed by atoms with Gasteiger partial charge in [0, 0.05) is 31.3 Å². The Labute approximate surface area is 173 Å². The molecule has 0 radical (unpaired) electrons. The van der Waals surface area contributed by atoms with E-state index in [0.717, 1.165) is 35.8 Å². The molecule has 6 heteroatoms. The molecule has 2 rings (SSSR count). The molecule has 1 atom stereocenters. The Bertz CT molecular complexity index is 849. The van der Waals surface area contributed by atoms with Crippen molar-refractivity contribution in [3.63, 3.8) is 0 Å². The van der Waals surface area contributed by atoms with E-state index in [1.54, 1.807) is 14.2 Å². The first kappa shape index (κ1) is 22.3. The molecule has 0 aliphatic heterocycles. The van der Waals surface area contributed by atoms with Crippen molar-refractivity contribution < 1.29 is 9.53 Å². The molecule has 1 amide bonds. The highest BCUT2D eigenvalue weighted by Crippen LogP contribution is 2.25. The third kappa shape index (κ3) is 6.52. The molecule has 0 aliphatic carbocycles. The van der Waals surface area contributed by atoms with Gasteiger partial charge in [0.1, 0.15) is 5.75 Å². The van der Waals surface area contributed by atoms with Crippen LogP contribution in [0, 0.1) is 6.92 Å². The third-order valence-corrected chi connectivity index (χ3v) is 4.64. The average molecular weight is 397 g/mol. The lowest BCUT2D eigenvalue weighted by molar-refractivity contribution is 0.0963. The number of carbonyl (C=O) groups is 1. The number of ether oxygens (including phenoxy) is 1. The van der Waals surface area contributed by atoms with Gasteiger partial charge in [-0.3, -0.25) is 9.79 Å². The van der Waals surface area contributed by atoms with Gasteiger partial charge in [-0.15, -0.1) is 0 Å². The second-order valence-corrected chi connectivity index (χ2v) is 6.90. The Hall–Kier alpha value is -3.02. The molecular weight excluding hydrogens is 364 g/mol. The second-order valence-electron chi connectivity index (χ2n) is 6.90. The van der Waals surface area contributed by atoms with Crippen LogP contribution >= 0.6 is 0 Å². The molecular formula is C23H32N4O2. The van der Waals surface area contributed by atoms with Gasteiger partial charge >= 0.3 is 0 Å². The van der Waals surface area contributed by atoms with Gasteiger partial charge < -0.3 is 20.7 Å². The van der Waals surface area contributed by atoms with Crippen LogP contribution in [0.4, 0.5) is 0 Å². The van der Waals surface area contributed by atoms with E-state index < -0.39 is 0 Å². The summed E-state index contributed by atoms with van der Waals surface area (Å²) in [5.41, 5.74) is 4.03. The summed E-state index contributed by atoms with van der Waals surface area (Å²) in [5, 5.41) is 9.40. The van der Waals surface area contributed by atoms with E-state index in [1.165, 1.54) is 5.56 Å². The van der Waals surface area contributed by atoms with Crippen LogP contribution in [0.2, 0.25) is 0 Å². The zero-order chi connectivity index (χ0) is 21.2. The van der Waals surface area contributed by atoms with Crippen molar-refractivity contribution in [3.05, 3.63) is 64.7 Å². The number of aryl methyl sites for hydroxylation is 1. The lowest BCUT2D eigenvalue weighted by atomic mass is 10.0. The average Bonchev–Trinajstić information content (AvgIpc) is 2.73. The highest BCUT2D eigenvalue weighted by atomic mass is 16.5. The molecule has 0 bridgehead atoms. The summed E-state index contributed by atoms with van der Waals surface area (Å²) in [5.74, 6) is 1.54. The number of hydrogen-bond donors (Lipinski definition) is 3. The van der Waals surface area contributed by atoms with Crippen LogP contribution in [-0.4, -0.2) is 39.1 Å². The number of nitrogens with one attached hydrogen (secondary N) is 3. The van der Waals surface area contributed by atoms with Gasteiger partial charge in [0.05, 0.1) is 13.2 Å². The fourth-order valence-electron chi connectivity index (χ4n) is 3.10. The van der Waals surface area contributed by atoms with Gasteiger partial charge in [0.2, 0.25) is 0 Å². The molecule has 0 spiro atoms. The maximum absolute atomic E-state index is 11.8. The van der Waals surface area contributed by atoms with Crippen molar-refractivity contribution >= 4 is 11.9 Å². The number of hydrogen-bond acceptors (Lipinski definition) is 3. The largest absolute Gasteiger partial charge is 0.496 e. The van der Waals surface area contributed by atoms with Gasteiger partial charge in [0.15, 0.2) is 5.96 Å². The Morgan fingerprint density at radius 3 is 2.69 bits per heavy atom. The Kier molecular flexibility index (Phi) is 8.52. The molecule has 0 heterocycles. The maximum Gasteiger partial charge on any atom is 0.251 e. The van der Waals surface area contributed by atoms with Crippen molar-refractivity contribution in [1.29, 1.82) is 0 Å². The molecule has 2 aromatic rings. The third-order valence-electron chi connectivity index (χ3n) is 4.64.